The topological polar surface area (TPSA) is 35.8 Å². The highest BCUT2D eigenvalue weighted by Crippen LogP contribution is 2.23. The lowest BCUT2D eigenvalue weighted by Crippen LogP contribution is -2.40. The third-order valence-electron chi connectivity index (χ3n) is 2.94. The summed E-state index contributed by atoms with van der Waals surface area (Å²) >= 11 is 0. The van der Waals surface area contributed by atoms with Crippen LogP contribution >= 0.6 is 0 Å². The van der Waals surface area contributed by atoms with Gasteiger partial charge < -0.3 is 9.83 Å². The van der Waals surface area contributed by atoms with Gasteiger partial charge in [-0.05, 0) is 49.8 Å². The average Bonchev–Trinajstić information content (AvgIpc) is 2.27. The predicted octanol–water partition coefficient (Wildman–Crippen LogP) is 1.49. The molecule has 1 aromatic carbocycles. The van der Waals surface area contributed by atoms with E-state index < -0.39 is 0 Å². The molecule has 0 aromatic heterocycles. The molecule has 0 bridgehead atoms. The first kappa shape index (κ1) is 10.4. The van der Waals surface area contributed by atoms with E-state index in [9.17, 15) is 5.02 Å². The lowest BCUT2D eigenvalue weighted by molar-refractivity contribution is 0.347. The van der Waals surface area contributed by atoms with Crippen LogP contribution < -0.4 is 0 Å². The van der Waals surface area contributed by atoms with Crippen LogP contribution in [-0.4, -0.2) is 30.1 Å². The van der Waals surface area contributed by atoms with Gasteiger partial charge in [-0.25, -0.2) is 0 Å². The molecule has 0 unspecified atom stereocenters. The number of fused-ring (bicyclic) bond motifs is 1. The van der Waals surface area contributed by atoms with Crippen molar-refractivity contribution < 1.29 is 5.02 Å². The SMILES string of the molecule is C=Nc1ccc2c(c1)CCN(B(C)O)C2. The lowest BCUT2D eigenvalue weighted by atomic mass is 9.81. The van der Waals surface area contributed by atoms with Gasteiger partial charge in [0, 0.05) is 6.54 Å². The van der Waals surface area contributed by atoms with E-state index in [0.29, 0.717) is 0 Å². The maximum Gasteiger partial charge on any atom is 0.376 e. The highest BCUT2D eigenvalue weighted by molar-refractivity contribution is 6.45. The fraction of sp³-hybridized carbons (Fsp3) is 0.364. The Bertz CT molecular complexity index is 379. The second kappa shape index (κ2) is 4.17. The summed E-state index contributed by atoms with van der Waals surface area (Å²) in [6.07, 6.45) is 0.976. The number of benzene rings is 1. The third kappa shape index (κ3) is 2.11. The van der Waals surface area contributed by atoms with Gasteiger partial charge in [-0.3, -0.25) is 4.99 Å². The molecule has 0 fully saturated rings. The molecule has 0 atom stereocenters. The second-order valence-corrected chi connectivity index (χ2v) is 3.96. The lowest BCUT2D eigenvalue weighted by Gasteiger charge is -2.29. The zero-order valence-electron chi connectivity index (χ0n) is 8.98. The van der Waals surface area contributed by atoms with Crippen molar-refractivity contribution in [1.82, 2.24) is 4.81 Å². The molecular formula is C11H15BN2O. The number of aliphatic imine (C=N–C) groups is 1. The minimum absolute atomic E-state index is 0.365. The molecule has 1 heterocycles. The van der Waals surface area contributed by atoms with Gasteiger partial charge in [0.05, 0.1) is 5.69 Å². The van der Waals surface area contributed by atoms with Crippen molar-refractivity contribution in [3.63, 3.8) is 0 Å². The molecule has 78 valence electrons. The normalized spacial score (nSPS) is 15.9. The number of hydrogen-bond donors (Lipinski definition) is 1. The monoisotopic (exact) mass is 202 g/mol. The Labute approximate surface area is 90.6 Å². The van der Waals surface area contributed by atoms with Crippen LogP contribution in [0.3, 0.4) is 0 Å². The Hall–Kier alpha value is -1.13. The van der Waals surface area contributed by atoms with E-state index in [2.05, 4.69) is 28.7 Å². The molecule has 0 spiro atoms. The fourth-order valence-electron chi connectivity index (χ4n) is 1.98. The van der Waals surface area contributed by atoms with Gasteiger partial charge in [-0.1, -0.05) is 6.07 Å². The summed E-state index contributed by atoms with van der Waals surface area (Å²) in [4.78, 5) is 5.98. The first-order valence-electron chi connectivity index (χ1n) is 5.21. The first-order chi connectivity index (χ1) is 7.20. The summed E-state index contributed by atoms with van der Waals surface area (Å²) < 4.78 is 0. The maximum absolute atomic E-state index is 9.50. The molecular weight excluding hydrogens is 187 g/mol. The molecule has 1 N–H and O–H groups in total. The van der Waals surface area contributed by atoms with Gasteiger partial charge in [0.1, 0.15) is 0 Å². The van der Waals surface area contributed by atoms with Crippen molar-refractivity contribution in [3.8, 4) is 0 Å². The Morgan fingerprint density at radius 2 is 2.27 bits per heavy atom. The molecule has 4 heteroatoms. The smallest absolute Gasteiger partial charge is 0.376 e. The minimum Gasteiger partial charge on any atom is -0.437 e. The van der Waals surface area contributed by atoms with E-state index in [-0.39, 0.29) is 7.05 Å². The fourth-order valence-corrected chi connectivity index (χ4v) is 1.98. The summed E-state index contributed by atoms with van der Waals surface area (Å²) in [7, 11) is -0.365. The van der Waals surface area contributed by atoms with Crippen molar-refractivity contribution in [2.75, 3.05) is 6.54 Å². The van der Waals surface area contributed by atoms with E-state index in [0.717, 1.165) is 25.2 Å². The highest BCUT2D eigenvalue weighted by atomic mass is 16.2. The van der Waals surface area contributed by atoms with Crippen LogP contribution in [0.2, 0.25) is 6.82 Å². The molecule has 1 aliphatic heterocycles. The van der Waals surface area contributed by atoms with Crippen LogP contribution in [0.15, 0.2) is 23.2 Å². The van der Waals surface area contributed by atoms with Gasteiger partial charge in [0.15, 0.2) is 0 Å². The Kier molecular flexibility index (Phi) is 2.89. The van der Waals surface area contributed by atoms with Gasteiger partial charge in [-0.2, -0.15) is 0 Å². The van der Waals surface area contributed by atoms with Crippen LogP contribution in [0.1, 0.15) is 11.1 Å². The van der Waals surface area contributed by atoms with Crippen LogP contribution in [-0.2, 0) is 13.0 Å². The molecule has 0 saturated heterocycles. The Balaban J connectivity index is 2.24. The van der Waals surface area contributed by atoms with Crippen LogP contribution in [0.4, 0.5) is 5.69 Å². The third-order valence-corrected chi connectivity index (χ3v) is 2.94. The van der Waals surface area contributed by atoms with Gasteiger partial charge in [0.25, 0.3) is 0 Å². The standard InChI is InChI=1S/C11H15BN2O/c1-12(15)14-6-5-9-7-11(13-2)4-3-10(9)8-14/h3-4,7,15H,2,5-6,8H2,1H3. The summed E-state index contributed by atoms with van der Waals surface area (Å²) in [5.74, 6) is 0. The van der Waals surface area contributed by atoms with Crippen molar-refractivity contribution in [2.24, 2.45) is 4.99 Å². The number of hydrogen-bond acceptors (Lipinski definition) is 3. The van der Waals surface area contributed by atoms with Crippen molar-refractivity contribution in [2.45, 2.75) is 19.8 Å². The minimum atomic E-state index is -0.365. The molecule has 2 rings (SSSR count). The Morgan fingerprint density at radius 1 is 1.47 bits per heavy atom. The molecule has 3 nitrogen and oxygen atoms in total. The predicted molar refractivity (Wildman–Crippen MR) is 63.6 cm³/mol. The van der Waals surface area contributed by atoms with Crippen LogP contribution in [0, 0.1) is 0 Å². The first-order valence-corrected chi connectivity index (χ1v) is 5.21. The molecule has 15 heavy (non-hydrogen) atoms. The van der Waals surface area contributed by atoms with E-state index >= 15 is 0 Å². The van der Waals surface area contributed by atoms with Crippen molar-refractivity contribution in [3.05, 3.63) is 29.3 Å². The molecule has 0 aliphatic carbocycles. The van der Waals surface area contributed by atoms with E-state index in [4.69, 9.17) is 0 Å². The molecule has 1 aromatic rings. The zero-order chi connectivity index (χ0) is 10.8. The largest absolute Gasteiger partial charge is 0.437 e. The quantitative estimate of drug-likeness (QED) is 0.582. The van der Waals surface area contributed by atoms with Crippen molar-refractivity contribution in [1.29, 1.82) is 0 Å². The zero-order valence-corrected chi connectivity index (χ0v) is 8.98. The Morgan fingerprint density at radius 3 is 2.93 bits per heavy atom. The average molecular weight is 202 g/mol. The molecule has 0 saturated carbocycles. The van der Waals surface area contributed by atoms with Gasteiger partial charge in [-0.15, -0.1) is 0 Å². The summed E-state index contributed by atoms with van der Waals surface area (Å²) in [6.45, 7) is 7.06. The number of rotatable bonds is 2. The second-order valence-electron chi connectivity index (χ2n) is 3.96. The van der Waals surface area contributed by atoms with E-state index in [1.54, 1.807) is 0 Å². The molecule has 0 amide bonds. The number of nitrogens with zero attached hydrogens (tertiary/aromatic N) is 2. The van der Waals surface area contributed by atoms with Gasteiger partial charge >= 0.3 is 7.05 Å². The summed E-state index contributed by atoms with van der Waals surface area (Å²) in [6, 6.07) is 6.13. The maximum atomic E-state index is 9.50. The van der Waals surface area contributed by atoms with Gasteiger partial charge in [0.2, 0.25) is 0 Å². The van der Waals surface area contributed by atoms with Crippen LogP contribution in [0.5, 0.6) is 0 Å². The van der Waals surface area contributed by atoms with E-state index in [1.165, 1.54) is 11.1 Å². The molecule has 1 aliphatic rings. The summed E-state index contributed by atoms with van der Waals surface area (Å²) in [5.41, 5.74) is 3.55. The highest BCUT2D eigenvalue weighted by Gasteiger charge is 2.21. The van der Waals surface area contributed by atoms with E-state index in [1.807, 2.05) is 12.9 Å². The van der Waals surface area contributed by atoms with Crippen molar-refractivity contribution >= 4 is 19.5 Å². The molecule has 0 radical (unpaired) electrons. The summed E-state index contributed by atoms with van der Waals surface area (Å²) in [5, 5.41) is 9.50. The van der Waals surface area contributed by atoms with Crippen LogP contribution in [0.25, 0.3) is 0 Å².